The van der Waals surface area contributed by atoms with Gasteiger partial charge in [0.05, 0.1) is 0 Å². The molecule has 3 aromatic rings. The Balaban J connectivity index is 1.61. The van der Waals surface area contributed by atoms with E-state index < -0.39 is 35.7 Å². The number of hydrogen-bond donors (Lipinski definition) is 3. The van der Waals surface area contributed by atoms with Gasteiger partial charge in [0.25, 0.3) is 17.7 Å². The van der Waals surface area contributed by atoms with E-state index in [0.717, 1.165) is 5.56 Å². The Labute approximate surface area is 190 Å². The summed E-state index contributed by atoms with van der Waals surface area (Å²) in [5, 5.41) is 2.71. The number of hydrogen-bond acceptors (Lipinski definition) is 4. The summed E-state index contributed by atoms with van der Waals surface area (Å²) in [5.74, 6) is -1.73. The molecule has 0 radical (unpaired) electrons. The largest absolute Gasteiger partial charge is 0.481 e. The van der Waals surface area contributed by atoms with Gasteiger partial charge in [-0.3, -0.25) is 25.2 Å². The zero-order chi connectivity index (χ0) is 23.6. The first-order valence-corrected chi connectivity index (χ1v) is 10.3. The van der Waals surface area contributed by atoms with Crippen molar-refractivity contribution < 1.29 is 23.5 Å². The van der Waals surface area contributed by atoms with E-state index in [1.807, 2.05) is 30.3 Å². The van der Waals surface area contributed by atoms with Crippen molar-refractivity contribution in [1.29, 1.82) is 0 Å². The lowest BCUT2D eigenvalue weighted by Gasteiger charge is -2.20. The highest BCUT2D eigenvalue weighted by Gasteiger charge is 2.23. The van der Waals surface area contributed by atoms with E-state index in [2.05, 4.69) is 16.2 Å². The van der Waals surface area contributed by atoms with Crippen molar-refractivity contribution in [3.05, 3.63) is 102 Å². The summed E-state index contributed by atoms with van der Waals surface area (Å²) in [4.78, 5) is 37.7. The molecule has 8 heteroatoms. The van der Waals surface area contributed by atoms with E-state index >= 15 is 0 Å². The predicted octanol–water partition coefficient (Wildman–Crippen LogP) is 2.78. The molecule has 0 aliphatic heterocycles. The van der Waals surface area contributed by atoms with Crippen LogP contribution in [0.4, 0.5) is 4.39 Å². The molecule has 0 spiro atoms. The van der Waals surface area contributed by atoms with Crippen molar-refractivity contribution in [2.24, 2.45) is 0 Å². The van der Waals surface area contributed by atoms with Crippen molar-refractivity contribution in [3.63, 3.8) is 0 Å². The quantitative estimate of drug-likeness (QED) is 0.461. The van der Waals surface area contributed by atoms with Gasteiger partial charge < -0.3 is 10.1 Å². The average molecular weight is 449 g/mol. The Morgan fingerprint density at radius 1 is 0.818 bits per heavy atom. The second kappa shape index (κ2) is 11.4. The van der Waals surface area contributed by atoms with E-state index in [-0.39, 0.29) is 6.42 Å². The highest BCUT2D eigenvalue weighted by atomic mass is 19.1. The van der Waals surface area contributed by atoms with Crippen LogP contribution in [0, 0.1) is 5.82 Å². The second-order valence-corrected chi connectivity index (χ2v) is 7.27. The van der Waals surface area contributed by atoms with Gasteiger partial charge in [0, 0.05) is 12.0 Å². The molecular weight excluding hydrogens is 425 g/mol. The minimum absolute atomic E-state index is 0.225. The fourth-order valence-electron chi connectivity index (χ4n) is 2.97. The van der Waals surface area contributed by atoms with Gasteiger partial charge in [-0.1, -0.05) is 48.5 Å². The van der Waals surface area contributed by atoms with Crippen molar-refractivity contribution in [3.8, 4) is 5.75 Å². The second-order valence-electron chi connectivity index (χ2n) is 7.27. The molecule has 3 aromatic carbocycles. The van der Waals surface area contributed by atoms with Crippen LogP contribution < -0.4 is 20.9 Å². The Bertz CT molecular complexity index is 1080. The Kier molecular flexibility index (Phi) is 8.13. The first kappa shape index (κ1) is 23.5. The molecule has 0 heterocycles. The molecule has 0 aliphatic rings. The summed E-state index contributed by atoms with van der Waals surface area (Å²) in [6.07, 6.45) is -0.731. The molecule has 2 unspecified atom stereocenters. The van der Waals surface area contributed by atoms with E-state index in [1.54, 1.807) is 30.3 Å². The Morgan fingerprint density at radius 3 is 2.03 bits per heavy atom. The van der Waals surface area contributed by atoms with E-state index in [0.29, 0.717) is 11.3 Å². The number of carbonyl (C=O) groups is 3. The first-order valence-electron chi connectivity index (χ1n) is 10.3. The van der Waals surface area contributed by atoms with Crippen LogP contribution in [0.3, 0.4) is 0 Å². The van der Waals surface area contributed by atoms with Crippen molar-refractivity contribution in [2.75, 3.05) is 0 Å². The maximum Gasteiger partial charge on any atom is 0.279 e. The highest BCUT2D eigenvalue weighted by Crippen LogP contribution is 2.13. The third-order valence-electron chi connectivity index (χ3n) is 4.75. The number of amides is 3. The van der Waals surface area contributed by atoms with E-state index in [1.165, 1.54) is 31.2 Å². The Morgan fingerprint density at radius 2 is 1.39 bits per heavy atom. The Hall–Kier alpha value is -4.20. The van der Waals surface area contributed by atoms with Crippen LogP contribution in [0.1, 0.15) is 22.8 Å². The number of nitrogens with one attached hydrogen (secondary N) is 3. The van der Waals surface area contributed by atoms with E-state index in [4.69, 9.17) is 4.74 Å². The van der Waals surface area contributed by atoms with E-state index in [9.17, 15) is 18.8 Å². The van der Waals surface area contributed by atoms with Gasteiger partial charge >= 0.3 is 0 Å². The number of benzene rings is 3. The fraction of sp³-hybridized carbons (Fsp3) is 0.160. The van der Waals surface area contributed by atoms with Crippen molar-refractivity contribution >= 4 is 17.7 Å². The maximum atomic E-state index is 13.0. The summed E-state index contributed by atoms with van der Waals surface area (Å²) in [5.41, 5.74) is 5.90. The molecule has 0 saturated carbocycles. The van der Waals surface area contributed by atoms with Gasteiger partial charge in [0.1, 0.15) is 17.6 Å². The molecule has 7 nitrogen and oxygen atoms in total. The average Bonchev–Trinajstić information content (AvgIpc) is 2.84. The van der Waals surface area contributed by atoms with Crippen LogP contribution in [-0.4, -0.2) is 29.9 Å². The third kappa shape index (κ3) is 7.17. The zero-order valence-corrected chi connectivity index (χ0v) is 18.0. The molecule has 0 bridgehead atoms. The summed E-state index contributed by atoms with van der Waals surface area (Å²) in [6, 6.07) is 22.0. The smallest absolute Gasteiger partial charge is 0.279 e. The number of hydrazine groups is 1. The van der Waals surface area contributed by atoms with Gasteiger partial charge in [-0.25, -0.2) is 4.39 Å². The number of carbonyl (C=O) groups excluding carboxylic acids is 3. The normalized spacial score (nSPS) is 12.2. The molecule has 170 valence electrons. The van der Waals surface area contributed by atoms with Gasteiger partial charge in [-0.15, -0.1) is 0 Å². The molecule has 2 atom stereocenters. The lowest BCUT2D eigenvalue weighted by atomic mass is 10.0. The molecular formula is C25H24FN3O4. The minimum atomic E-state index is -0.956. The molecule has 33 heavy (non-hydrogen) atoms. The zero-order valence-electron chi connectivity index (χ0n) is 18.0. The predicted molar refractivity (Wildman–Crippen MR) is 121 cm³/mol. The lowest BCUT2D eigenvalue weighted by molar-refractivity contribution is -0.133. The number of ether oxygens (including phenoxy) is 1. The third-order valence-corrected chi connectivity index (χ3v) is 4.75. The van der Waals surface area contributed by atoms with Crippen LogP contribution in [0.5, 0.6) is 5.75 Å². The molecule has 3 N–H and O–H groups in total. The van der Waals surface area contributed by atoms with Crippen LogP contribution in [-0.2, 0) is 16.0 Å². The molecule has 0 aliphatic carbocycles. The SMILES string of the molecule is CC(Oc1ccc(F)cc1)C(=O)NNC(=O)C(Cc1ccccc1)NC(=O)c1ccccc1. The van der Waals surface area contributed by atoms with Crippen molar-refractivity contribution in [1.82, 2.24) is 16.2 Å². The number of halogens is 1. The van der Waals surface area contributed by atoms with Crippen LogP contribution in [0.25, 0.3) is 0 Å². The highest BCUT2D eigenvalue weighted by molar-refractivity contribution is 5.98. The summed E-state index contributed by atoms with van der Waals surface area (Å²) >= 11 is 0. The summed E-state index contributed by atoms with van der Waals surface area (Å²) < 4.78 is 18.5. The van der Waals surface area contributed by atoms with Gasteiger partial charge in [0.15, 0.2) is 6.10 Å². The first-order chi connectivity index (χ1) is 15.9. The summed E-state index contributed by atoms with van der Waals surface area (Å²) in [6.45, 7) is 1.49. The lowest BCUT2D eigenvalue weighted by Crippen LogP contribution is -2.55. The topological polar surface area (TPSA) is 96.5 Å². The molecule has 0 saturated heterocycles. The molecule has 0 fully saturated rings. The fourth-order valence-corrected chi connectivity index (χ4v) is 2.97. The molecule has 3 rings (SSSR count). The van der Waals surface area contributed by atoms with Gasteiger partial charge in [-0.05, 0) is 48.9 Å². The number of rotatable bonds is 8. The van der Waals surface area contributed by atoms with Crippen LogP contribution in [0.15, 0.2) is 84.9 Å². The standard InChI is InChI=1S/C25H24FN3O4/c1-17(33-21-14-12-20(26)13-15-21)23(30)28-29-25(32)22(16-18-8-4-2-5-9-18)27-24(31)19-10-6-3-7-11-19/h2-15,17,22H,16H2,1H3,(H,27,31)(H,28,30)(H,29,32). The van der Waals surface area contributed by atoms with Gasteiger partial charge in [0.2, 0.25) is 0 Å². The molecule has 3 amide bonds. The van der Waals surface area contributed by atoms with Gasteiger partial charge in [-0.2, -0.15) is 0 Å². The molecule has 0 aromatic heterocycles. The van der Waals surface area contributed by atoms with Crippen LogP contribution >= 0.6 is 0 Å². The minimum Gasteiger partial charge on any atom is -0.481 e. The maximum absolute atomic E-state index is 13.0. The summed E-state index contributed by atoms with van der Waals surface area (Å²) in [7, 11) is 0. The monoisotopic (exact) mass is 449 g/mol. The van der Waals surface area contributed by atoms with Crippen LogP contribution in [0.2, 0.25) is 0 Å². The van der Waals surface area contributed by atoms with Crippen molar-refractivity contribution in [2.45, 2.75) is 25.5 Å².